The molecule has 0 spiro atoms. The van der Waals surface area contributed by atoms with Gasteiger partial charge in [-0.3, -0.25) is 0 Å². The Bertz CT molecular complexity index is 541. The van der Waals surface area contributed by atoms with Gasteiger partial charge in [-0.05, 0) is 23.8 Å². The zero-order valence-electron chi connectivity index (χ0n) is 11.0. The first kappa shape index (κ1) is 13.0. The second kappa shape index (κ2) is 5.95. The largest absolute Gasteiger partial charge is 0.497 e. The molecule has 0 saturated heterocycles. The van der Waals surface area contributed by atoms with Gasteiger partial charge in [0.25, 0.3) is 0 Å². The zero-order valence-corrected chi connectivity index (χ0v) is 11.0. The van der Waals surface area contributed by atoms with Crippen molar-refractivity contribution in [2.24, 2.45) is 0 Å². The number of nitrogens with one attached hydrogen (secondary N) is 1. The van der Waals surface area contributed by atoms with Gasteiger partial charge < -0.3 is 20.5 Å². The van der Waals surface area contributed by atoms with Crippen LogP contribution in [0, 0.1) is 0 Å². The van der Waals surface area contributed by atoms with E-state index in [1.54, 1.807) is 26.4 Å². The predicted octanol–water partition coefficient (Wildman–Crippen LogP) is 2.29. The van der Waals surface area contributed by atoms with Crippen LogP contribution in [0.4, 0.5) is 11.5 Å². The highest BCUT2D eigenvalue weighted by molar-refractivity contribution is 5.62. The van der Waals surface area contributed by atoms with Gasteiger partial charge in [0.15, 0.2) is 5.82 Å². The number of methoxy groups -OCH3 is 2. The van der Waals surface area contributed by atoms with E-state index in [4.69, 9.17) is 15.2 Å². The smallest absolute Gasteiger partial charge is 0.215 e. The first-order valence-electron chi connectivity index (χ1n) is 5.90. The molecule has 100 valence electrons. The number of anilines is 2. The molecular weight excluding hydrogens is 242 g/mol. The van der Waals surface area contributed by atoms with Crippen LogP contribution in [-0.4, -0.2) is 19.2 Å². The lowest BCUT2D eigenvalue weighted by Crippen LogP contribution is -2.05. The number of pyridine rings is 1. The van der Waals surface area contributed by atoms with Crippen LogP contribution in [0.5, 0.6) is 11.6 Å². The van der Waals surface area contributed by atoms with Gasteiger partial charge in [-0.2, -0.15) is 4.98 Å². The third-order valence-corrected chi connectivity index (χ3v) is 2.73. The number of nitrogens with zero attached hydrogens (tertiary/aromatic N) is 1. The molecule has 0 saturated carbocycles. The fraction of sp³-hybridized carbons (Fsp3) is 0.214. The minimum Gasteiger partial charge on any atom is -0.497 e. The summed E-state index contributed by atoms with van der Waals surface area (Å²) in [5.74, 6) is 1.99. The topological polar surface area (TPSA) is 69.4 Å². The molecule has 0 atom stereocenters. The van der Waals surface area contributed by atoms with Gasteiger partial charge >= 0.3 is 0 Å². The van der Waals surface area contributed by atoms with Gasteiger partial charge in [-0.25, -0.2) is 0 Å². The van der Waals surface area contributed by atoms with Crippen molar-refractivity contribution in [1.29, 1.82) is 0 Å². The molecule has 1 aromatic carbocycles. The molecule has 0 aliphatic rings. The molecule has 1 aromatic heterocycles. The predicted molar refractivity (Wildman–Crippen MR) is 75.5 cm³/mol. The monoisotopic (exact) mass is 259 g/mol. The number of hydrogen-bond acceptors (Lipinski definition) is 5. The van der Waals surface area contributed by atoms with E-state index in [1.807, 2.05) is 24.3 Å². The Hall–Kier alpha value is -2.43. The summed E-state index contributed by atoms with van der Waals surface area (Å²) >= 11 is 0. The molecule has 1 heterocycles. The maximum Gasteiger partial charge on any atom is 0.215 e. The van der Waals surface area contributed by atoms with E-state index >= 15 is 0 Å². The maximum atomic E-state index is 5.85. The number of nitrogens with two attached hydrogens (primary N) is 1. The lowest BCUT2D eigenvalue weighted by molar-refractivity contribution is 0.398. The molecule has 3 N–H and O–H groups in total. The van der Waals surface area contributed by atoms with Crippen molar-refractivity contribution in [2.45, 2.75) is 6.54 Å². The van der Waals surface area contributed by atoms with E-state index in [0.717, 1.165) is 11.3 Å². The number of aromatic nitrogens is 1. The van der Waals surface area contributed by atoms with E-state index in [2.05, 4.69) is 10.3 Å². The maximum absolute atomic E-state index is 5.85. The molecule has 2 aromatic rings. The Morgan fingerprint density at radius 2 is 1.79 bits per heavy atom. The number of rotatable bonds is 5. The summed E-state index contributed by atoms with van der Waals surface area (Å²) in [6.45, 7) is 0.633. The quantitative estimate of drug-likeness (QED) is 0.862. The van der Waals surface area contributed by atoms with E-state index in [1.165, 1.54) is 0 Å². The molecule has 0 bridgehead atoms. The Morgan fingerprint density at radius 3 is 2.42 bits per heavy atom. The van der Waals surface area contributed by atoms with Gasteiger partial charge in [0.05, 0.1) is 19.9 Å². The molecule has 2 rings (SSSR count). The van der Waals surface area contributed by atoms with E-state index in [9.17, 15) is 0 Å². The highest BCUT2D eigenvalue weighted by Crippen LogP contribution is 2.20. The van der Waals surface area contributed by atoms with E-state index in [-0.39, 0.29) is 0 Å². The van der Waals surface area contributed by atoms with Crippen LogP contribution in [0.2, 0.25) is 0 Å². The normalized spacial score (nSPS) is 10.0. The summed E-state index contributed by atoms with van der Waals surface area (Å²) in [6, 6.07) is 11.3. The van der Waals surface area contributed by atoms with Crippen molar-refractivity contribution in [2.75, 3.05) is 25.3 Å². The van der Waals surface area contributed by atoms with Crippen molar-refractivity contribution >= 4 is 11.5 Å². The van der Waals surface area contributed by atoms with Crippen LogP contribution in [0.25, 0.3) is 0 Å². The average Bonchev–Trinajstić information content (AvgIpc) is 2.47. The molecule has 0 amide bonds. The summed E-state index contributed by atoms with van der Waals surface area (Å²) in [5, 5.41) is 3.18. The standard InChI is InChI=1S/C14H17N3O2/c1-18-11-5-3-10(4-6-11)9-16-14-12(15)7-8-13(17-14)19-2/h3-8H,9,15H2,1-2H3,(H,16,17). The van der Waals surface area contributed by atoms with Crippen molar-refractivity contribution in [3.63, 3.8) is 0 Å². The van der Waals surface area contributed by atoms with Crippen LogP contribution in [-0.2, 0) is 6.54 Å². The number of hydrogen-bond donors (Lipinski definition) is 2. The summed E-state index contributed by atoms with van der Waals surface area (Å²) in [5.41, 5.74) is 7.56. The van der Waals surface area contributed by atoms with Gasteiger partial charge in [0.1, 0.15) is 5.75 Å². The van der Waals surface area contributed by atoms with Crippen LogP contribution in [0.1, 0.15) is 5.56 Å². The molecule has 19 heavy (non-hydrogen) atoms. The molecule has 0 aliphatic carbocycles. The third-order valence-electron chi connectivity index (χ3n) is 2.73. The van der Waals surface area contributed by atoms with Crippen LogP contribution in [0.3, 0.4) is 0 Å². The van der Waals surface area contributed by atoms with Gasteiger partial charge in [-0.1, -0.05) is 12.1 Å². The van der Waals surface area contributed by atoms with Crippen LogP contribution >= 0.6 is 0 Å². The highest BCUT2D eigenvalue weighted by atomic mass is 16.5. The zero-order chi connectivity index (χ0) is 13.7. The molecule has 0 fully saturated rings. The van der Waals surface area contributed by atoms with Crippen molar-refractivity contribution < 1.29 is 9.47 Å². The van der Waals surface area contributed by atoms with E-state index in [0.29, 0.717) is 23.9 Å². The summed E-state index contributed by atoms with van der Waals surface area (Å²) < 4.78 is 10.2. The van der Waals surface area contributed by atoms with Crippen molar-refractivity contribution in [3.8, 4) is 11.6 Å². The minimum absolute atomic E-state index is 0.534. The first-order valence-corrected chi connectivity index (χ1v) is 5.90. The lowest BCUT2D eigenvalue weighted by Gasteiger charge is -2.10. The second-order valence-electron chi connectivity index (χ2n) is 3.99. The number of ether oxygens (including phenoxy) is 2. The number of nitrogen functional groups attached to an aromatic ring is 1. The SMILES string of the molecule is COc1ccc(CNc2nc(OC)ccc2N)cc1. The Labute approximate surface area is 112 Å². The van der Waals surface area contributed by atoms with Crippen LogP contribution in [0.15, 0.2) is 36.4 Å². The Kier molecular flexibility index (Phi) is 4.07. The first-order chi connectivity index (χ1) is 9.22. The summed E-state index contributed by atoms with van der Waals surface area (Å²) in [6.07, 6.45) is 0. The van der Waals surface area contributed by atoms with Gasteiger partial charge in [-0.15, -0.1) is 0 Å². The van der Waals surface area contributed by atoms with Crippen molar-refractivity contribution in [1.82, 2.24) is 4.98 Å². The molecule has 5 nitrogen and oxygen atoms in total. The molecule has 0 unspecified atom stereocenters. The molecule has 0 radical (unpaired) electrons. The highest BCUT2D eigenvalue weighted by Gasteiger charge is 2.03. The van der Waals surface area contributed by atoms with Crippen LogP contribution < -0.4 is 20.5 Å². The summed E-state index contributed by atoms with van der Waals surface area (Å²) in [7, 11) is 3.22. The Morgan fingerprint density at radius 1 is 1.05 bits per heavy atom. The van der Waals surface area contributed by atoms with Gasteiger partial charge in [0, 0.05) is 12.6 Å². The summed E-state index contributed by atoms with van der Waals surface area (Å²) in [4.78, 5) is 4.26. The third kappa shape index (κ3) is 3.28. The second-order valence-corrected chi connectivity index (χ2v) is 3.99. The fourth-order valence-electron chi connectivity index (χ4n) is 1.64. The molecule has 5 heteroatoms. The number of benzene rings is 1. The lowest BCUT2D eigenvalue weighted by atomic mass is 10.2. The minimum atomic E-state index is 0.534. The van der Waals surface area contributed by atoms with Gasteiger partial charge in [0.2, 0.25) is 5.88 Å². The average molecular weight is 259 g/mol. The van der Waals surface area contributed by atoms with E-state index < -0.39 is 0 Å². The molecular formula is C14H17N3O2. The fourth-order valence-corrected chi connectivity index (χ4v) is 1.64. The molecule has 0 aliphatic heterocycles. The van der Waals surface area contributed by atoms with Crippen molar-refractivity contribution in [3.05, 3.63) is 42.0 Å². The Balaban J connectivity index is 2.05.